The molecule has 212 valence electrons. The Kier molecular flexibility index (Phi) is 6.49. The highest BCUT2D eigenvalue weighted by atomic mass is 14.7. The summed E-state index contributed by atoms with van der Waals surface area (Å²) in [6.07, 6.45) is 8.53. The third-order valence-corrected chi connectivity index (χ3v) is 8.52. The summed E-state index contributed by atoms with van der Waals surface area (Å²) >= 11 is 0. The Bertz CT molecular complexity index is 2500. The van der Waals surface area contributed by atoms with Crippen LogP contribution in [-0.4, -0.2) is 15.0 Å². The molecule has 0 amide bonds. The lowest BCUT2D eigenvalue weighted by Gasteiger charge is -2.19. The first-order chi connectivity index (χ1) is 22.7. The van der Waals surface area contributed by atoms with E-state index in [2.05, 4.69) is 113 Å². The maximum absolute atomic E-state index is 9.49. The zero-order chi connectivity index (χ0) is 31.0. The molecule has 8 rings (SSSR count). The molecule has 0 aliphatic carbocycles. The molecule has 0 spiro atoms. The number of hydrogen-bond acceptors (Lipinski definition) is 5. The number of fused-ring (bicyclic) bond motifs is 3. The Morgan fingerprint density at radius 3 is 1.59 bits per heavy atom. The van der Waals surface area contributed by atoms with Crippen molar-refractivity contribution in [3.63, 3.8) is 0 Å². The molecule has 0 radical (unpaired) electrons. The minimum absolute atomic E-state index is 0.513. The second kappa shape index (κ2) is 11.1. The number of nitrogens with zero attached hydrogens (tertiary/aromatic N) is 5. The van der Waals surface area contributed by atoms with E-state index >= 15 is 0 Å². The summed E-state index contributed by atoms with van der Waals surface area (Å²) < 4.78 is 0. The molecular weight excluding hydrogens is 562 g/mol. The van der Waals surface area contributed by atoms with Crippen molar-refractivity contribution in [3.8, 4) is 56.6 Å². The number of nitriles is 2. The SMILES string of the molecule is N#Cc1cncc(-c2ccc(-c3c4ccccc4c(-c4ccc(-c5cncc(C#N)c5)c5ncccc45)c4ccccc34)cc2)c1. The first-order valence-corrected chi connectivity index (χ1v) is 14.9. The molecule has 0 bridgehead atoms. The Labute approximate surface area is 265 Å². The Morgan fingerprint density at radius 1 is 0.435 bits per heavy atom. The maximum atomic E-state index is 9.49. The molecule has 0 atom stereocenters. The van der Waals surface area contributed by atoms with Crippen molar-refractivity contribution in [3.05, 3.63) is 151 Å². The van der Waals surface area contributed by atoms with E-state index in [4.69, 9.17) is 4.98 Å². The zero-order valence-corrected chi connectivity index (χ0v) is 24.5. The van der Waals surface area contributed by atoms with E-state index in [1.165, 1.54) is 5.56 Å². The number of rotatable bonds is 4. The summed E-state index contributed by atoms with van der Waals surface area (Å²) in [5, 5.41) is 24.5. The predicted octanol–water partition coefficient (Wildman–Crippen LogP) is 9.74. The third-order valence-electron chi connectivity index (χ3n) is 8.52. The van der Waals surface area contributed by atoms with Gasteiger partial charge < -0.3 is 0 Å². The van der Waals surface area contributed by atoms with E-state index in [1.54, 1.807) is 24.8 Å². The monoisotopic (exact) mass is 585 g/mol. The van der Waals surface area contributed by atoms with E-state index in [9.17, 15) is 10.5 Å². The normalized spacial score (nSPS) is 11.0. The van der Waals surface area contributed by atoms with Crippen LogP contribution in [0.25, 0.3) is 77.0 Å². The van der Waals surface area contributed by atoms with E-state index in [-0.39, 0.29) is 0 Å². The van der Waals surface area contributed by atoms with Crippen molar-refractivity contribution >= 4 is 32.4 Å². The maximum Gasteiger partial charge on any atom is 0.101 e. The lowest BCUT2D eigenvalue weighted by Crippen LogP contribution is -1.93. The quantitative estimate of drug-likeness (QED) is 0.192. The van der Waals surface area contributed by atoms with Gasteiger partial charge in [0.25, 0.3) is 0 Å². The van der Waals surface area contributed by atoms with Gasteiger partial charge in [0.05, 0.1) is 16.6 Å². The van der Waals surface area contributed by atoms with E-state index in [1.807, 2.05) is 24.4 Å². The number of benzene rings is 5. The highest BCUT2D eigenvalue weighted by molar-refractivity contribution is 6.23. The summed E-state index contributed by atoms with van der Waals surface area (Å²) in [4.78, 5) is 13.4. The van der Waals surface area contributed by atoms with Crippen molar-refractivity contribution in [2.45, 2.75) is 0 Å². The lowest BCUT2D eigenvalue weighted by atomic mass is 9.84. The number of pyridine rings is 3. The second-order valence-corrected chi connectivity index (χ2v) is 11.1. The van der Waals surface area contributed by atoms with Gasteiger partial charge in [0.15, 0.2) is 0 Å². The minimum atomic E-state index is 0.513. The molecule has 0 aliphatic rings. The van der Waals surface area contributed by atoms with Gasteiger partial charge in [-0.25, -0.2) is 0 Å². The van der Waals surface area contributed by atoms with Crippen molar-refractivity contribution in [1.29, 1.82) is 10.5 Å². The fourth-order valence-corrected chi connectivity index (χ4v) is 6.49. The van der Waals surface area contributed by atoms with Gasteiger partial charge in [-0.15, -0.1) is 0 Å². The molecule has 0 N–H and O–H groups in total. The van der Waals surface area contributed by atoms with Crippen molar-refractivity contribution in [2.24, 2.45) is 0 Å². The standard InChI is InChI=1S/C41H23N5/c42-20-26-18-30(24-44-22-26)28-11-13-29(14-12-28)39-33-6-1-3-8-35(33)40(36-9-4-2-7-34(36)39)37-16-15-32(41-38(37)10-5-17-46-41)31-19-27(21-43)23-45-25-31/h1-19,22-25H. The second-order valence-electron chi connectivity index (χ2n) is 11.1. The summed E-state index contributed by atoms with van der Waals surface area (Å²) in [6.45, 7) is 0. The number of hydrogen-bond donors (Lipinski definition) is 0. The molecule has 0 saturated heterocycles. The lowest BCUT2D eigenvalue weighted by molar-refractivity contribution is 1.30. The van der Waals surface area contributed by atoms with Crippen molar-refractivity contribution < 1.29 is 0 Å². The molecule has 5 heteroatoms. The molecule has 0 saturated carbocycles. The van der Waals surface area contributed by atoms with Crippen LogP contribution in [0.5, 0.6) is 0 Å². The number of aromatic nitrogens is 3. The molecule has 8 aromatic rings. The molecule has 0 fully saturated rings. The van der Waals surface area contributed by atoms with Crippen LogP contribution in [0.2, 0.25) is 0 Å². The van der Waals surface area contributed by atoms with Gasteiger partial charge in [0.1, 0.15) is 12.1 Å². The average molecular weight is 586 g/mol. The molecular formula is C41H23N5. The van der Waals surface area contributed by atoms with Crippen LogP contribution < -0.4 is 0 Å². The average Bonchev–Trinajstić information content (AvgIpc) is 3.13. The molecule has 0 aliphatic heterocycles. The van der Waals surface area contributed by atoms with E-state index in [0.29, 0.717) is 11.1 Å². The van der Waals surface area contributed by atoms with Crippen LogP contribution in [0, 0.1) is 22.7 Å². The van der Waals surface area contributed by atoms with Gasteiger partial charge >= 0.3 is 0 Å². The van der Waals surface area contributed by atoms with Crippen LogP contribution in [0.15, 0.2) is 140 Å². The van der Waals surface area contributed by atoms with E-state index in [0.717, 1.165) is 71.4 Å². The Morgan fingerprint density at radius 2 is 0.957 bits per heavy atom. The highest BCUT2D eigenvalue weighted by Gasteiger charge is 2.19. The van der Waals surface area contributed by atoms with Gasteiger partial charge in [-0.1, -0.05) is 91.0 Å². The summed E-state index contributed by atoms with van der Waals surface area (Å²) in [5.74, 6) is 0. The molecule has 0 unspecified atom stereocenters. The first kappa shape index (κ1) is 26.9. The van der Waals surface area contributed by atoms with Gasteiger partial charge in [0, 0.05) is 53.1 Å². The fraction of sp³-hybridized carbons (Fsp3) is 0. The van der Waals surface area contributed by atoms with Crippen LogP contribution in [0.4, 0.5) is 0 Å². The fourth-order valence-electron chi connectivity index (χ4n) is 6.49. The third kappa shape index (κ3) is 4.44. The van der Waals surface area contributed by atoms with Gasteiger partial charge in [-0.2, -0.15) is 10.5 Å². The summed E-state index contributed by atoms with van der Waals surface area (Å²) in [5.41, 5.74) is 10.2. The van der Waals surface area contributed by atoms with Crippen LogP contribution in [0.1, 0.15) is 11.1 Å². The Hall–Kier alpha value is -6.69. The summed E-state index contributed by atoms with van der Waals surface area (Å²) in [7, 11) is 0. The molecule has 3 heterocycles. The molecule has 5 aromatic carbocycles. The molecule has 3 aromatic heterocycles. The smallest absolute Gasteiger partial charge is 0.101 e. The predicted molar refractivity (Wildman–Crippen MR) is 184 cm³/mol. The van der Waals surface area contributed by atoms with Crippen LogP contribution >= 0.6 is 0 Å². The molecule has 46 heavy (non-hydrogen) atoms. The Balaban J connectivity index is 1.37. The van der Waals surface area contributed by atoms with Gasteiger partial charge in [0.2, 0.25) is 0 Å². The highest BCUT2D eigenvalue weighted by Crippen LogP contribution is 2.46. The molecule has 5 nitrogen and oxygen atoms in total. The van der Waals surface area contributed by atoms with Gasteiger partial charge in [-0.05, 0) is 67.6 Å². The van der Waals surface area contributed by atoms with E-state index < -0.39 is 0 Å². The summed E-state index contributed by atoms with van der Waals surface area (Å²) in [6, 6.07) is 42.1. The minimum Gasteiger partial charge on any atom is -0.263 e. The van der Waals surface area contributed by atoms with Crippen molar-refractivity contribution in [1.82, 2.24) is 15.0 Å². The zero-order valence-electron chi connectivity index (χ0n) is 24.5. The topological polar surface area (TPSA) is 86.2 Å². The van der Waals surface area contributed by atoms with Gasteiger partial charge in [-0.3, -0.25) is 15.0 Å². The largest absolute Gasteiger partial charge is 0.263 e. The van der Waals surface area contributed by atoms with Crippen LogP contribution in [0.3, 0.4) is 0 Å². The van der Waals surface area contributed by atoms with Crippen LogP contribution in [-0.2, 0) is 0 Å². The first-order valence-electron chi connectivity index (χ1n) is 14.9. The van der Waals surface area contributed by atoms with Crippen molar-refractivity contribution in [2.75, 3.05) is 0 Å².